The molecule has 4 rings (SSSR count). The highest BCUT2D eigenvalue weighted by Gasteiger charge is 2.23. The Kier molecular flexibility index (Phi) is 7.27. The van der Waals surface area contributed by atoms with E-state index in [0.717, 1.165) is 68.4 Å². The summed E-state index contributed by atoms with van der Waals surface area (Å²) in [5, 5.41) is 0. The summed E-state index contributed by atoms with van der Waals surface area (Å²) in [7, 11) is 1.65. The first-order chi connectivity index (χ1) is 15.6. The van der Waals surface area contributed by atoms with Crippen molar-refractivity contribution in [3.8, 4) is 11.5 Å². The number of carbonyl (C=O) groups excluding carboxylic acids is 2. The summed E-state index contributed by atoms with van der Waals surface area (Å²) in [6.45, 7) is 5.42. The van der Waals surface area contributed by atoms with Crippen LogP contribution in [0.15, 0.2) is 48.5 Å². The Morgan fingerprint density at radius 3 is 2.22 bits per heavy atom. The van der Waals surface area contributed by atoms with Crippen molar-refractivity contribution in [2.45, 2.75) is 19.3 Å². The summed E-state index contributed by atoms with van der Waals surface area (Å²) >= 11 is 0. The zero-order valence-corrected chi connectivity index (χ0v) is 18.7. The SMILES string of the molecule is COc1ccc(OCCN2CCN(C(=O)Cc3ccc(N4CCCC4=O)cc3)CC2)cc1. The van der Waals surface area contributed by atoms with Crippen LogP contribution in [0, 0.1) is 0 Å². The summed E-state index contributed by atoms with van der Waals surface area (Å²) < 4.78 is 11.0. The molecule has 0 aromatic heterocycles. The second-order valence-corrected chi connectivity index (χ2v) is 8.24. The van der Waals surface area contributed by atoms with Gasteiger partial charge in [-0.15, -0.1) is 0 Å². The molecule has 2 amide bonds. The van der Waals surface area contributed by atoms with Crippen molar-refractivity contribution in [2.75, 3.05) is 57.9 Å². The van der Waals surface area contributed by atoms with Gasteiger partial charge >= 0.3 is 0 Å². The van der Waals surface area contributed by atoms with Crippen molar-refractivity contribution in [1.29, 1.82) is 0 Å². The minimum absolute atomic E-state index is 0.157. The third-order valence-electron chi connectivity index (χ3n) is 6.14. The molecule has 0 saturated carbocycles. The maximum absolute atomic E-state index is 12.7. The number of piperazine rings is 1. The van der Waals surface area contributed by atoms with Gasteiger partial charge in [-0.25, -0.2) is 0 Å². The van der Waals surface area contributed by atoms with Crippen LogP contribution in [0.5, 0.6) is 11.5 Å². The topological polar surface area (TPSA) is 62.3 Å². The number of hydrogen-bond acceptors (Lipinski definition) is 5. The Labute approximate surface area is 189 Å². The summed E-state index contributed by atoms with van der Waals surface area (Å²) in [5.41, 5.74) is 1.91. The smallest absolute Gasteiger partial charge is 0.227 e. The minimum atomic E-state index is 0.157. The molecule has 2 aromatic rings. The van der Waals surface area contributed by atoms with Gasteiger partial charge in [0.2, 0.25) is 11.8 Å². The van der Waals surface area contributed by atoms with E-state index in [-0.39, 0.29) is 11.8 Å². The summed E-state index contributed by atoms with van der Waals surface area (Å²) in [5.74, 6) is 1.99. The average Bonchev–Trinajstić information content (AvgIpc) is 3.26. The first-order valence-corrected chi connectivity index (χ1v) is 11.3. The van der Waals surface area contributed by atoms with Crippen LogP contribution < -0.4 is 14.4 Å². The van der Waals surface area contributed by atoms with E-state index in [4.69, 9.17) is 9.47 Å². The van der Waals surface area contributed by atoms with E-state index < -0.39 is 0 Å². The molecular weight excluding hydrogens is 406 g/mol. The fraction of sp³-hybridized carbons (Fsp3) is 0.440. The zero-order valence-electron chi connectivity index (χ0n) is 18.7. The van der Waals surface area contributed by atoms with Gasteiger partial charge in [0.05, 0.1) is 13.5 Å². The third-order valence-corrected chi connectivity index (χ3v) is 6.14. The molecule has 0 radical (unpaired) electrons. The van der Waals surface area contributed by atoms with Crippen LogP contribution in [0.25, 0.3) is 0 Å². The minimum Gasteiger partial charge on any atom is -0.497 e. The lowest BCUT2D eigenvalue weighted by atomic mass is 10.1. The van der Waals surface area contributed by atoms with Gasteiger partial charge in [-0.2, -0.15) is 0 Å². The quantitative estimate of drug-likeness (QED) is 0.635. The number of hydrogen-bond donors (Lipinski definition) is 0. The standard InChI is InChI=1S/C25H31N3O4/c1-31-22-8-10-23(11-9-22)32-18-17-26-13-15-27(16-14-26)25(30)19-20-4-6-21(7-5-20)28-12-2-3-24(28)29/h4-11H,2-3,12-19H2,1H3. The Morgan fingerprint density at radius 2 is 1.59 bits per heavy atom. The lowest BCUT2D eigenvalue weighted by Crippen LogP contribution is -2.49. The first kappa shape index (κ1) is 22.1. The highest BCUT2D eigenvalue weighted by Crippen LogP contribution is 2.22. The maximum Gasteiger partial charge on any atom is 0.227 e. The molecule has 0 N–H and O–H groups in total. The van der Waals surface area contributed by atoms with E-state index in [2.05, 4.69) is 4.90 Å². The van der Waals surface area contributed by atoms with Gasteiger partial charge in [0.1, 0.15) is 18.1 Å². The van der Waals surface area contributed by atoms with Gasteiger partial charge in [0.25, 0.3) is 0 Å². The normalized spacial score (nSPS) is 17.0. The van der Waals surface area contributed by atoms with Crippen molar-refractivity contribution in [2.24, 2.45) is 0 Å². The van der Waals surface area contributed by atoms with Crippen LogP contribution in [-0.4, -0.2) is 74.6 Å². The van der Waals surface area contributed by atoms with Gasteiger partial charge in [-0.05, 0) is 48.4 Å². The van der Waals surface area contributed by atoms with E-state index in [1.54, 1.807) is 7.11 Å². The summed E-state index contributed by atoms with van der Waals surface area (Å²) in [4.78, 5) is 30.7. The van der Waals surface area contributed by atoms with Crippen LogP contribution in [0.1, 0.15) is 18.4 Å². The van der Waals surface area contributed by atoms with Crippen LogP contribution in [0.3, 0.4) is 0 Å². The molecule has 2 aliphatic heterocycles. The Morgan fingerprint density at radius 1 is 0.906 bits per heavy atom. The Hall–Kier alpha value is -3.06. The molecule has 2 aromatic carbocycles. The van der Waals surface area contributed by atoms with E-state index in [0.29, 0.717) is 19.4 Å². The molecule has 2 fully saturated rings. The highest BCUT2D eigenvalue weighted by molar-refractivity contribution is 5.95. The maximum atomic E-state index is 12.7. The molecule has 0 spiro atoms. The summed E-state index contributed by atoms with van der Waals surface area (Å²) in [6, 6.07) is 15.4. The van der Waals surface area contributed by atoms with E-state index in [1.165, 1.54) is 0 Å². The average molecular weight is 438 g/mol. The van der Waals surface area contributed by atoms with Crippen LogP contribution in [-0.2, 0) is 16.0 Å². The van der Waals surface area contributed by atoms with E-state index in [9.17, 15) is 9.59 Å². The molecule has 2 heterocycles. The molecule has 2 aliphatic rings. The van der Waals surface area contributed by atoms with Crippen molar-refractivity contribution < 1.29 is 19.1 Å². The van der Waals surface area contributed by atoms with Gasteiger partial charge in [0, 0.05) is 51.4 Å². The molecule has 7 heteroatoms. The summed E-state index contributed by atoms with van der Waals surface area (Å²) in [6.07, 6.45) is 1.94. The number of benzene rings is 2. The fourth-order valence-corrected chi connectivity index (χ4v) is 4.19. The van der Waals surface area contributed by atoms with Crippen LogP contribution in [0.2, 0.25) is 0 Å². The first-order valence-electron chi connectivity index (χ1n) is 11.3. The molecular formula is C25H31N3O4. The molecule has 0 unspecified atom stereocenters. The Balaban J connectivity index is 1.17. The van der Waals surface area contributed by atoms with Crippen molar-refractivity contribution in [3.05, 3.63) is 54.1 Å². The number of anilines is 1. The number of ether oxygens (including phenoxy) is 2. The number of carbonyl (C=O) groups is 2. The second kappa shape index (κ2) is 10.5. The molecule has 0 atom stereocenters. The predicted octanol–water partition coefficient (Wildman–Crippen LogP) is 2.59. The van der Waals surface area contributed by atoms with Gasteiger partial charge in [0.15, 0.2) is 0 Å². The molecule has 170 valence electrons. The second-order valence-electron chi connectivity index (χ2n) is 8.24. The predicted molar refractivity (Wildman–Crippen MR) is 123 cm³/mol. The van der Waals surface area contributed by atoms with Gasteiger partial charge in [-0.3, -0.25) is 14.5 Å². The number of amides is 2. The van der Waals surface area contributed by atoms with Gasteiger partial charge < -0.3 is 19.3 Å². The lowest BCUT2D eigenvalue weighted by molar-refractivity contribution is -0.132. The van der Waals surface area contributed by atoms with Crippen molar-refractivity contribution >= 4 is 17.5 Å². The van der Waals surface area contributed by atoms with E-state index >= 15 is 0 Å². The molecule has 0 aliphatic carbocycles. The zero-order chi connectivity index (χ0) is 22.3. The van der Waals surface area contributed by atoms with Crippen LogP contribution in [0.4, 0.5) is 5.69 Å². The molecule has 0 bridgehead atoms. The largest absolute Gasteiger partial charge is 0.497 e. The highest BCUT2D eigenvalue weighted by atomic mass is 16.5. The van der Waals surface area contributed by atoms with Crippen molar-refractivity contribution in [1.82, 2.24) is 9.80 Å². The van der Waals surface area contributed by atoms with Crippen LogP contribution >= 0.6 is 0 Å². The Bertz CT molecular complexity index is 906. The molecule has 32 heavy (non-hydrogen) atoms. The number of rotatable bonds is 8. The third kappa shape index (κ3) is 5.59. The fourth-order valence-electron chi connectivity index (χ4n) is 4.19. The molecule has 7 nitrogen and oxygen atoms in total. The monoisotopic (exact) mass is 437 g/mol. The van der Waals surface area contributed by atoms with Crippen molar-refractivity contribution in [3.63, 3.8) is 0 Å². The lowest BCUT2D eigenvalue weighted by Gasteiger charge is -2.34. The number of nitrogens with zero attached hydrogens (tertiary/aromatic N) is 3. The van der Waals surface area contributed by atoms with Gasteiger partial charge in [-0.1, -0.05) is 12.1 Å². The molecule has 2 saturated heterocycles. The van der Waals surface area contributed by atoms with E-state index in [1.807, 2.05) is 58.3 Å². The number of methoxy groups -OCH3 is 1.